The molecule has 2 N–H and O–H groups in total. The highest BCUT2D eigenvalue weighted by atomic mass is 127. The molecule has 0 aromatic carbocycles. The molecule has 160 valence electrons. The van der Waals surface area contributed by atoms with Gasteiger partial charge in [-0.25, -0.2) is 4.98 Å². The number of halogens is 1. The molecule has 1 aromatic heterocycles. The predicted molar refractivity (Wildman–Crippen MR) is 131 cm³/mol. The summed E-state index contributed by atoms with van der Waals surface area (Å²) in [4.78, 5) is 13.2. The van der Waals surface area contributed by atoms with Crippen LogP contribution < -0.4 is 10.6 Å². The summed E-state index contributed by atoms with van der Waals surface area (Å²) >= 11 is 1.78. The van der Waals surface area contributed by atoms with Gasteiger partial charge in [0.15, 0.2) is 5.96 Å². The van der Waals surface area contributed by atoms with Crippen LogP contribution in [-0.2, 0) is 6.42 Å². The van der Waals surface area contributed by atoms with Crippen molar-refractivity contribution in [2.24, 2.45) is 10.9 Å². The van der Waals surface area contributed by atoms with Gasteiger partial charge in [-0.1, -0.05) is 19.3 Å². The Kier molecular flexibility index (Phi) is 11.1. The van der Waals surface area contributed by atoms with Gasteiger partial charge in [-0.3, -0.25) is 4.99 Å². The summed E-state index contributed by atoms with van der Waals surface area (Å²) in [5.41, 5.74) is 0. The first-order valence-electron chi connectivity index (χ1n) is 10.9. The molecule has 28 heavy (non-hydrogen) atoms. The molecule has 0 spiro atoms. The van der Waals surface area contributed by atoms with E-state index in [1.54, 1.807) is 11.3 Å². The summed E-state index contributed by atoms with van der Waals surface area (Å²) in [6, 6.07) is 0.549. The Morgan fingerprint density at radius 3 is 2.61 bits per heavy atom. The van der Waals surface area contributed by atoms with Crippen molar-refractivity contribution in [1.82, 2.24) is 20.5 Å². The SMILES string of the molecule is CCNC(=NCCc1ncc(C)s1)NC1CCN(CC2CCCCC2)CC1.I. The van der Waals surface area contributed by atoms with Gasteiger partial charge in [-0.2, -0.15) is 0 Å². The van der Waals surface area contributed by atoms with Crippen LogP contribution in [0.15, 0.2) is 11.2 Å². The zero-order chi connectivity index (χ0) is 18.9. The molecule has 0 atom stereocenters. The molecule has 0 radical (unpaired) electrons. The monoisotopic (exact) mass is 519 g/mol. The lowest BCUT2D eigenvalue weighted by atomic mass is 9.88. The van der Waals surface area contributed by atoms with E-state index in [-0.39, 0.29) is 24.0 Å². The number of aliphatic imine (C=N–C) groups is 1. The van der Waals surface area contributed by atoms with Crippen molar-refractivity contribution in [3.8, 4) is 0 Å². The third-order valence-electron chi connectivity index (χ3n) is 5.78. The minimum absolute atomic E-state index is 0. The van der Waals surface area contributed by atoms with E-state index in [2.05, 4.69) is 34.4 Å². The molecule has 0 bridgehead atoms. The van der Waals surface area contributed by atoms with Crippen LogP contribution in [0.3, 0.4) is 0 Å². The molecule has 5 nitrogen and oxygen atoms in total. The number of hydrogen-bond acceptors (Lipinski definition) is 4. The highest BCUT2D eigenvalue weighted by Crippen LogP contribution is 2.25. The average Bonchev–Trinajstić information content (AvgIpc) is 3.09. The number of thiazole rings is 1. The molecule has 2 fully saturated rings. The molecule has 1 aliphatic heterocycles. The average molecular weight is 520 g/mol. The van der Waals surface area contributed by atoms with Crippen LogP contribution in [0.4, 0.5) is 0 Å². The number of nitrogens with one attached hydrogen (secondary N) is 2. The van der Waals surface area contributed by atoms with Gasteiger partial charge in [-0.05, 0) is 45.4 Å². The van der Waals surface area contributed by atoms with E-state index in [0.717, 1.165) is 31.4 Å². The molecular weight excluding hydrogens is 481 g/mol. The van der Waals surface area contributed by atoms with Gasteiger partial charge in [0.05, 0.1) is 5.01 Å². The number of aryl methyl sites for hydroxylation is 1. The van der Waals surface area contributed by atoms with Crippen molar-refractivity contribution < 1.29 is 0 Å². The Morgan fingerprint density at radius 1 is 1.21 bits per heavy atom. The molecule has 0 amide bonds. The lowest BCUT2D eigenvalue weighted by Gasteiger charge is -2.36. The van der Waals surface area contributed by atoms with Gasteiger partial charge in [0, 0.05) is 56.3 Å². The summed E-state index contributed by atoms with van der Waals surface area (Å²) < 4.78 is 0. The summed E-state index contributed by atoms with van der Waals surface area (Å²) in [5.74, 6) is 1.92. The van der Waals surface area contributed by atoms with Gasteiger partial charge in [0.1, 0.15) is 0 Å². The molecule has 7 heteroatoms. The van der Waals surface area contributed by atoms with Crippen LogP contribution in [-0.4, -0.2) is 54.6 Å². The number of rotatable bonds is 7. The lowest BCUT2D eigenvalue weighted by molar-refractivity contribution is 0.160. The van der Waals surface area contributed by atoms with E-state index in [9.17, 15) is 0 Å². The first-order chi connectivity index (χ1) is 13.2. The minimum Gasteiger partial charge on any atom is -0.357 e. The molecule has 1 aromatic rings. The molecule has 1 aliphatic carbocycles. The van der Waals surface area contributed by atoms with Gasteiger partial charge in [-0.15, -0.1) is 35.3 Å². The molecule has 2 heterocycles. The van der Waals surface area contributed by atoms with Crippen LogP contribution in [0.1, 0.15) is 61.8 Å². The zero-order valence-corrected chi connectivity index (χ0v) is 20.7. The van der Waals surface area contributed by atoms with Crippen molar-refractivity contribution in [1.29, 1.82) is 0 Å². The zero-order valence-electron chi connectivity index (χ0n) is 17.6. The van der Waals surface area contributed by atoms with Gasteiger partial charge >= 0.3 is 0 Å². The van der Waals surface area contributed by atoms with E-state index < -0.39 is 0 Å². The van der Waals surface area contributed by atoms with Crippen LogP contribution in [0.25, 0.3) is 0 Å². The minimum atomic E-state index is 0. The maximum Gasteiger partial charge on any atom is 0.191 e. The number of likely N-dealkylation sites (tertiary alicyclic amines) is 1. The summed E-state index contributed by atoms with van der Waals surface area (Å²) in [6.07, 6.45) is 12.6. The van der Waals surface area contributed by atoms with Crippen molar-refractivity contribution in [2.75, 3.05) is 32.7 Å². The first-order valence-corrected chi connectivity index (χ1v) is 11.7. The van der Waals surface area contributed by atoms with Crippen LogP contribution in [0, 0.1) is 12.8 Å². The van der Waals surface area contributed by atoms with Crippen molar-refractivity contribution >= 4 is 41.3 Å². The number of guanidine groups is 1. The Hall–Kier alpha value is -0.410. The molecule has 1 saturated carbocycles. The normalized spacial score (nSPS) is 20.0. The van der Waals surface area contributed by atoms with Crippen LogP contribution in [0.2, 0.25) is 0 Å². The molecule has 1 saturated heterocycles. The highest BCUT2D eigenvalue weighted by Gasteiger charge is 2.23. The van der Waals surface area contributed by atoms with Crippen LogP contribution >= 0.6 is 35.3 Å². The fraction of sp³-hybridized carbons (Fsp3) is 0.810. The second-order valence-corrected chi connectivity index (χ2v) is 9.42. The predicted octanol–water partition coefficient (Wildman–Crippen LogP) is 4.21. The number of piperidine rings is 1. The Bertz CT molecular complexity index is 577. The molecular formula is C21H38IN5S. The van der Waals surface area contributed by atoms with E-state index in [1.165, 1.54) is 74.5 Å². The van der Waals surface area contributed by atoms with Crippen molar-refractivity contribution in [3.05, 3.63) is 16.1 Å². The molecule has 3 rings (SSSR count). The molecule has 0 unspecified atom stereocenters. The maximum absolute atomic E-state index is 4.77. The highest BCUT2D eigenvalue weighted by molar-refractivity contribution is 14.0. The smallest absolute Gasteiger partial charge is 0.191 e. The summed E-state index contributed by atoms with van der Waals surface area (Å²) in [6.45, 7) is 9.72. The van der Waals surface area contributed by atoms with Crippen molar-refractivity contribution in [3.63, 3.8) is 0 Å². The number of nitrogens with zero attached hydrogens (tertiary/aromatic N) is 3. The second kappa shape index (κ2) is 13.0. The summed E-state index contributed by atoms with van der Waals surface area (Å²) in [5, 5.41) is 8.26. The second-order valence-electron chi connectivity index (χ2n) is 8.10. The Balaban J connectivity index is 0.00000280. The largest absolute Gasteiger partial charge is 0.357 e. The van der Waals surface area contributed by atoms with Gasteiger partial charge in [0.2, 0.25) is 0 Å². The first kappa shape index (κ1) is 23.9. The maximum atomic E-state index is 4.77. The third-order valence-corrected chi connectivity index (χ3v) is 6.75. The third kappa shape index (κ3) is 8.14. The topological polar surface area (TPSA) is 52.6 Å². The van der Waals surface area contributed by atoms with Gasteiger partial charge in [0.25, 0.3) is 0 Å². The number of aromatic nitrogens is 1. The standard InChI is InChI=1S/C21H37N5S.HI/c1-3-22-21(23-12-9-20-24-15-17(2)27-20)25-19-10-13-26(14-11-19)16-18-7-5-4-6-8-18;/h15,18-19H,3-14,16H2,1-2H3,(H2,22,23,25);1H. The quantitative estimate of drug-likeness (QED) is 0.322. The Morgan fingerprint density at radius 2 is 1.96 bits per heavy atom. The van der Waals surface area contributed by atoms with E-state index in [1.807, 2.05) is 6.20 Å². The van der Waals surface area contributed by atoms with Gasteiger partial charge < -0.3 is 15.5 Å². The number of hydrogen-bond donors (Lipinski definition) is 2. The van der Waals surface area contributed by atoms with Crippen LogP contribution in [0.5, 0.6) is 0 Å². The fourth-order valence-corrected chi connectivity index (χ4v) is 5.06. The van der Waals surface area contributed by atoms with E-state index in [0.29, 0.717) is 6.04 Å². The molecule has 2 aliphatic rings. The Labute approximate surface area is 192 Å². The van der Waals surface area contributed by atoms with E-state index in [4.69, 9.17) is 4.99 Å². The van der Waals surface area contributed by atoms with E-state index >= 15 is 0 Å². The lowest BCUT2D eigenvalue weighted by Crippen LogP contribution is -2.49. The van der Waals surface area contributed by atoms with Crippen molar-refractivity contribution in [2.45, 2.75) is 71.3 Å². The fourth-order valence-electron chi connectivity index (χ4n) is 4.29. The summed E-state index contributed by atoms with van der Waals surface area (Å²) in [7, 11) is 0.